The molecule has 0 radical (unpaired) electrons. The van der Waals surface area contributed by atoms with Gasteiger partial charge in [-0.3, -0.25) is 4.79 Å². The fourth-order valence-electron chi connectivity index (χ4n) is 2.86. The van der Waals surface area contributed by atoms with Crippen molar-refractivity contribution in [3.05, 3.63) is 29.8 Å². The molecule has 1 fully saturated rings. The van der Waals surface area contributed by atoms with Gasteiger partial charge in [0, 0.05) is 0 Å². The molecule has 19 heavy (non-hydrogen) atoms. The Labute approximate surface area is 114 Å². The normalized spacial score (nSPS) is 26.9. The van der Waals surface area contributed by atoms with Gasteiger partial charge in [0.25, 0.3) is 0 Å². The first kappa shape index (κ1) is 13.9. The number of carbonyl (C=O) groups is 1. The van der Waals surface area contributed by atoms with Gasteiger partial charge in [0.2, 0.25) is 0 Å². The second-order valence-corrected chi connectivity index (χ2v) is 5.68. The summed E-state index contributed by atoms with van der Waals surface area (Å²) in [5.74, 6) is 0.947. The van der Waals surface area contributed by atoms with Crippen LogP contribution in [0.25, 0.3) is 0 Å². The molecule has 3 nitrogen and oxygen atoms in total. The predicted molar refractivity (Wildman–Crippen MR) is 73.9 cm³/mol. The van der Waals surface area contributed by atoms with E-state index in [1.54, 1.807) is 24.3 Å². The van der Waals surface area contributed by atoms with Gasteiger partial charge in [0.05, 0.1) is 6.42 Å². The third-order valence-electron chi connectivity index (χ3n) is 3.99. The van der Waals surface area contributed by atoms with E-state index in [-0.39, 0.29) is 24.2 Å². The van der Waals surface area contributed by atoms with Crippen LogP contribution in [0.4, 0.5) is 0 Å². The number of esters is 1. The summed E-state index contributed by atoms with van der Waals surface area (Å²) in [7, 11) is 0. The molecule has 0 amide bonds. The second-order valence-electron chi connectivity index (χ2n) is 5.68. The zero-order valence-corrected chi connectivity index (χ0v) is 11.6. The van der Waals surface area contributed by atoms with E-state index in [4.69, 9.17) is 4.74 Å². The zero-order chi connectivity index (χ0) is 13.8. The lowest BCUT2D eigenvalue weighted by Crippen LogP contribution is -2.35. The van der Waals surface area contributed by atoms with Gasteiger partial charge < -0.3 is 9.84 Å². The van der Waals surface area contributed by atoms with Crippen LogP contribution in [0.3, 0.4) is 0 Å². The van der Waals surface area contributed by atoms with Gasteiger partial charge in [0.1, 0.15) is 11.9 Å². The van der Waals surface area contributed by atoms with Crippen molar-refractivity contribution < 1.29 is 14.6 Å². The fraction of sp³-hybridized carbons (Fsp3) is 0.562. The van der Waals surface area contributed by atoms with Gasteiger partial charge in [0.15, 0.2) is 0 Å². The molecule has 2 atom stereocenters. The number of aromatic hydroxyl groups is 1. The highest BCUT2D eigenvalue weighted by molar-refractivity contribution is 5.72. The summed E-state index contributed by atoms with van der Waals surface area (Å²) in [6.45, 7) is 4.32. The number of phenolic OH excluding ortho intramolecular Hbond substituents is 1. The molecule has 104 valence electrons. The van der Waals surface area contributed by atoms with E-state index >= 15 is 0 Å². The molecule has 1 aromatic carbocycles. The van der Waals surface area contributed by atoms with E-state index in [1.165, 1.54) is 6.42 Å². The summed E-state index contributed by atoms with van der Waals surface area (Å²) in [6.07, 6.45) is 3.84. The Hall–Kier alpha value is -1.51. The van der Waals surface area contributed by atoms with Crippen LogP contribution in [0.1, 0.15) is 38.7 Å². The monoisotopic (exact) mass is 262 g/mol. The van der Waals surface area contributed by atoms with Crippen LogP contribution in [0.15, 0.2) is 24.3 Å². The maximum atomic E-state index is 12.0. The molecule has 0 saturated heterocycles. The van der Waals surface area contributed by atoms with Crippen molar-refractivity contribution in [3.63, 3.8) is 0 Å². The summed E-state index contributed by atoms with van der Waals surface area (Å²) < 4.78 is 5.65. The molecule has 0 aromatic heterocycles. The van der Waals surface area contributed by atoms with Gasteiger partial charge in [-0.15, -0.1) is 0 Å². The summed E-state index contributed by atoms with van der Waals surface area (Å²) in [6, 6.07) is 6.69. The molecule has 2 rings (SSSR count). The molecule has 1 N–H and O–H groups in total. The Kier molecular flexibility index (Phi) is 4.46. The van der Waals surface area contributed by atoms with Gasteiger partial charge >= 0.3 is 5.97 Å². The highest BCUT2D eigenvalue weighted by Gasteiger charge is 2.30. The van der Waals surface area contributed by atoms with E-state index < -0.39 is 0 Å². The Bertz CT molecular complexity index is 414. The number of carbonyl (C=O) groups excluding carboxylic acids is 1. The smallest absolute Gasteiger partial charge is 0.310 e. The number of hydrogen-bond acceptors (Lipinski definition) is 3. The molecule has 2 unspecified atom stereocenters. The van der Waals surface area contributed by atoms with Crippen molar-refractivity contribution >= 4 is 5.97 Å². The van der Waals surface area contributed by atoms with Crippen molar-refractivity contribution in [2.75, 3.05) is 0 Å². The van der Waals surface area contributed by atoms with E-state index in [2.05, 4.69) is 13.8 Å². The molecule has 0 heterocycles. The molecular formula is C16H22O3. The lowest BCUT2D eigenvalue weighted by Gasteiger charge is -2.33. The van der Waals surface area contributed by atoms with Gasteiger partial charge in [-0.25, -0.2) is 0 Å². The number of benzene rings is 1. The van der Waals surface area contributed by atoms with E-state index in [1.807, 2.05) is 0 Å². The Balaban J connectivity index is 1.91. The molecular weight excluding hydrogens is 240 g/mol. The lowest BCUT2D eigenvalue weighted by molar-refractivity contribution is -0.155. The molecule has 0 aliphatic heterocycles. The van der Waals surface area contributed by atoms with Crippen molar-refractivity contribution in [1.82, 2.24) is 0 Å². The van der Waals surface area contributed by atoms with Gasteiger partial charge in [-0.2, -0.15) is 0 Å². The third-order valence-corrected chi connectivity index (χ3v) is 3.99. The molecule has 1 aliphatic rings. The maximum Gasteiger partial charge on any atom is 0.310 e. The van der Waals surface area contributed by atoms with Crippen LogP contribution in [0, 0.1) is 11.8 Å². The SMILES string of the molecule is CC1CCCC(C)C1OC(=O)Cc1ccc(O)cc1. The number of ether oxygens (including phenoxy) is 1. The lowest BCUT2D eigenvalue weighted by atomic mass is 9.80. The Morgan fingerprint density at radius 1 is 1.21 bits per heavy atom. The molecule has 1 saturated carbocycles. The van der Waals surface area contributed by atoms with Crippen LogP contribution in [0.2, 0.25) is 0 Å². The molecule has 3 heteroatoms. The number of phenols is 1. The van der Waals surface area contributed by atoms with Gasteiger partial charge in [-0.05, 0) is 42.4 Å². The van der Waals surface area contributed by atoms with E-state index in [0.717, 1.165) is 18.4 Å². The maximum absolute atomic E-state index is 12.0. The molecule has 0 spiro atoms. The third kappa shape index (κ3) is 3.72. The number of rotatable bonds is 3. The molecule has 1 aromatic rings. The molecule has 1 aliphatic carbocycles. The van der Waals surface area contributed by atoms with Crippen molar-refractivity contribution in [2.24, 2.45) is 11.8 Å². The van der Waals surface area contributed by atoms with Crippen LogP contribution >= 0.6 is 0 Å². The van der Waals surface area contributed by atoms with Crippen LogP contribution in [-0.4, -0.2) is 17.2 Å². The van der Waals surface area contributed by atoms with Crippen LogP contribution in [-0.2, 0) is 16.0 Å². The predicted octanol–water partition coefficient (Wildman–Crippen LogP) is 3.30. The fourth-order valence-corrected chi connectivity index (χ4v) is 2.86. The average molecular weight is 262 g/mol. The second kappa shape index (κ2) is 6.09. The Morgan fingerprint density at radius 2 is 1.79 bits per heavy atom. The quantitative estimate of drug-likeness (QED) is 0.850. The number of hydrogen-bond donors (Lipinski definition) is 1. The first-order valence-electron chi connectivity index (χ1n) is 7.03. The topological polar surface area (TPSA) is 46.5 Å². The van der Waals surface area contributed by atoms with E-state index in [0.29, 0.717) is 11.8 Å². The van der Waals surface area contributed by atoms with Crippen molar-refractivity contribution in [1.29, 1.82) is 0 Å². The highest BCUT2D eigenvalue weighted by Crippen LogP contribution is 2.31. The van der Waals surface area contributed by atoms with Crippen LogP contribution < -0.4 is 0 Å². The highest BCUT2D eigenvalue weighted by atomic mass is 16.5. The average Bonchev–Trinajstić information content (AvgIpc) is 2.37. The van der Waals surface area contributed by atoms with Crippen molar-refractivity contribution in [2.45, 2.75) is 45.6 Å². The summed E-state index contributed by atoms with van der Waals surface area (Å²) in [4.78, 5) is 12.0. The summed E-state index contributed by atoms with van der Waals surface area (Å²) in [5, 5.41) is 9.21. The Morgan fingerprint density at radius 3 is 2.37 bits per heavy atom. The summed E-state index contributed by atoms with van der Waals surface area (Å²) >= 11 is 0. The zero-order valence-electron chi connectivity index (χ0n) is 11.6. The van der Waals surface area contributed by atoms with Crippen LogP contribution in [0.5, 0.6) is 5.75 Å². The molecule has 0 bridgehead atoms. The minimum absolute atomic E-state index is 0.0540. The first-order chi connectivity index (χ1) is 9.06. The first-order valence-corrected chi connectivity index (χ1v) is 7.03. The van der Waals surface area contributed by atoms with Crippen molar-refractivity contribution in [3.8, 4) is 5.75 Å². The minimum atomic E-state index is -0.170. The van der Waals surface area contributed by atoms with E-state index in [9.17, 15) is 9.90 Å². The standard InChI is InChI=1S/C16H22O3/c1-11-4-3-5-12(2)16(11)19-15(18)10-13-6-8-14(17)9-7-13/h6-9,11-12,16-17H,3-5,10H2,1-2H3. The van der Waals surface area contributed by atoms with Gasteiger partial charge in [-0.1, -0.05) is 32.4 Å². The minimum Gasteiger partial charge on any atom is -0.508 e. The summed E-state index contributed by atoms with van der Waals surface area (Å²) in [5.41, 5.74) is 0.874. The largest absolute Gasteiger partial charge is 0.508 e.